The molecule has 3 nitrogen and oxygen atoms in total. The number of benzene rings is 1. The van der Waals surface area contributed by atoms with Crippen molar-refractivity contribution >= 4 is 5.69 Å². The third-order valence-corrected chi connectivity index (χ3v) is 5.36. The van der Waals surface area contributed by atoms with Gasteiger partial charge in [0.15, 0.2) is 0 Å². The van der Waals surface area contributed by atoms with Gasteiger partial charge in [-0.15, -0.1) is 0 Å². The summed E-state index contributed by atoms with van der Waals surface area (Å²) in [6.45, 7) is 0.983. The largest absolute Gasteiger partial charge is 0.398 e. The second kappa shape index (κ2) is 4.54. The van der Waals surface area contributed by atoms with Crippen LogP contribution in [0.1, 0.15) is 43.2 Å². The van der Waals surface area contributed by atoms with Gasteiger partial charge in [0.05, 0.1) is 30.8 Å². The number of fused-ring (bicyclic) bond motifs is 2. The molecule has 19 heavy (non-hydrogen) atoms. The van der Waals surface area contributed by atoms with Crippen molar-refractivity contribution in [1.82, 2.24) is 0 Å². The van der Waals surface area contributed by atoms with Gasteiger partial charge < -0.3 is 10.2 Å². The molecule has 2 N–H and O–H groups in total. The van der Waals surface area contributed by atoms with Crippen molar-refractivity contribution < 1.29 is 4.48 Å². The van der Waals surface area contributed by atoms with E-state index in [0.29, 0.717) is 0 Å². The molecule has 2 aliphatic rings. The fourth-order valence-corrected chi connectivity index (χ4v) is 4.18. The van der Waals surface area contributed by atoms with E-state index in [1.165, 1.54) is 32.1 Å². The zero-order chi connectivity index (χ0) is 13.5. The number of nitrogens with zero attached hydrogens (tertiary/aromatic N) is 2. The molecule has 0 saturated carbocycles. The lowest BCUT2D eigenvalue weighted by molar-refractivity contribution is -0.960. The van der Waals surface area contributed by atoms with Crippen LogP contribution >= 0.6 is 0 Å². The maximum atomic E-state index is 9.04. The summed E-state index contributed by atoms with van der Waals surface area (Å²) in [6, 6.07) is 9.48. The Balaban J connectivity index is 1.91. The highest BCUT2D eigenvalue weighted by atomic mass is 15.4. The quantitative estimate of drug-likeness (QED) is 0.653. The fraction of sp³-hybridized carbons (Fsp3) is 0.562. The molecule has 0 aromatic heterocycles. The summed E-state index contributed by atoms with van der Waals surface area (Å²) in [4.78, 5) is 0. The van der Waals surface area contributed by atoms with Crippen LogP contribution in [0.5, 0.6) is 0 Å². The molecular weight excluding hydrogens is 234 g/mol. The van der Waals surface area contributed by atoms with Crippen molar-refractivity contribution in [3.05, 3.63) is 29.3 Å². The van der Waals surface area contributed by atoms with Gasteiger partial charge in [-0.05, 0) is 37.5 Å². The molecule has 2 saturated heterocycles. The maximum Gasteiger partial charge on any atom is 0.107 e. The lowest BCUT2D eigenvalue weighted by Crippen LogP contribution is -2.55. The second-order valence-corrected chi connectivity index (χ2v) is 6.35. The van der Waals surface area contributed by atoms with Gasteiger partial charge in [0, 0.05) is 24.1 Å². The first-order valence-electron chi connectivity index (χ1n) is 7.27. The molecule has 3 heteroatoms. The maximum absolute atomic E-state index is 9.04. The summed E-state index contributed by atoms with van der Waals surface area (Å²) in [5.41, 5.74) is 8.82. The Kier molecular flexibility index (Phi) is 2.99. The van der Waals surface area contributed by atoms with Gasteiger partial charge in [-0.25, -0.2) is 0 Å². The molecule has 0 radical (unpaired) electrons. The van der Waals surface area contributed by atoms with Crippen LogP contribution in [0.2, 0.25) is 0 Å². The Morgan fingerprint density at radius 1 is 1.26 bits per heavy atom. The van der Waals surface area contributed by atoms with Gasteiger partial charge >= 0.3 is 0 Å². The highest BCUT2D eigenvalue weighted by molar-refractivity contribution is 5.50. The van der Waals surface area contributed by atoms with E-state index in [1.54, 1.807) is 0 Å². The summed E-state index contributed by atoms with van der Waals surface area (Å²) >= 11 is 0. The van der Waals surface area contributed by atoms with Crippen LogP contribution in [0.15, 0.2) is 18.2 Å². The molecule has 0 spiro atoms. The summed E-state index contributed by atoms with van der Waals surface area (Å²) < 4.78 is 1.14. The van der Waals surface area contributed by atoms with Crippen LogP contribution in [-0.4, -0.2) is 23.6 Å². The first kappa shape index (κ1) is 12.5. The lowest BCUT2D eigenvalue weighted by Gasteiger charge is -2.45. The molecule has 100 valence electrons. The number of anilines is 1. The third kappa shape index (κ3) is 2.01. The summed E-state index contributed by atoms with van der Waals surface area (Å²) in [5.74, 6) is 0. The van der Waals surface area contributed by atoms with E-state index < -0.39 is 0 Å². The zero-order valence-corrected chi connectivity index (χ0v) is 11.6. The number of nitrogen functional groups attached to an aromatic ring is 1. The predicted molar refractivity (Wildman–Crippen MR) is 76.1 cm³/mol. The van der Waals surface area contributed by atoms with Gasteiger partial charge in [-0.2, -0.15) is 5.26 Å². The fourth-order valence-electron chi connectivity index (χ4n) is 4.18. The Labute approximate surface area is 115 Å². The minimum Gasteiger partial charge on any atom is -0.398 e. The van der Waals surface area contributed by atoms with Crippen LogP contribution in [0.3, 0.4) is 0 Å². The third-order valence-electron chi connectivity index (χ3n) is 5.36. The Bertz CT molecular complexity index is 513. The molecule has 0 amide bonds. The summed E-state index contributed by atoms with van der Waals surface area (Å²) in [7, 11) is 2.39. The Hall–Kier alpha value is -1.53. The van der Waals surface area contributed by atoms with E-state index in [9.17, 15) is 0 Å². The van der Waals surface area contributed by atoms with E-state index in [1.807, 2.05) is 18.2 Å². The Morgan fingerprint density at radius 3 is 2.58 bits per heavy atom. The van der Waals surface area contributed by atoms with Crippen LogP contribution in [-0.2, 0) is 6.54 Å². The molecule has 2 fully saturated rings. The topological polar surface area (TPSA) is 49.8 Å². The first-order chi connectivity index (χ1) is 9.13. The van der Waals surface area contributed by atoms with Crippen molar-refractivity contribution in [3.8, 4) is 6.07 Å². The molecule has 3 rings (SSSR count). The first-order valence-corrected chi connectivity index (χ1v) is 7.27. The van der Waals surface area contributed by atoms with Gasteiger partial charge in [-0.3, -0.25) is 0 Å². The van der Waals surface area contributed by atoms with Gasteiger partial charge in [-0.1, -0.05) is 0 Å². The lowest BCUT2D eigenvalue weighted by atomic mass is 9.97. The molecule has 2 atom stereocenters. The summed E-state index contributed by atoms with van der Waals surface area (Å²) in [6.07, 6.45) is 6.81. The zero-order valence-electron chi connectivity index (χ0n) is 11.6. The summed E-state index contributed by atoms with van der Waals surface area (Å²) in [5, 5.41) is 9.04. The number of hydrogen-bond donors (Lipinski definition) is 1. The van der Waals surface area contributed by atoms with Gasteiger partial charge in [0.2, 0.25) is 0 Å². The molecule has 1 aromatic carbocycles. The van der Waals surface area contributed by atoms with Crippen molar-refractivity contribution in [1.29, 1.82) is 5.26 Å². The highest BCUT2D eigenvalue weighted by Gasteiger charge is 2.48. The molecule has 2 aliphatic heterocycles. The van der Waals surface area contributed by atoms with Crippen molar-refractivity contribution in [3.63, 3.8) is 0 Å². The Morgan fingerprint density at radius 2 is 1.95 bits per heavy atom. The van der Waals surface area contributed by atoms with Crippen molar-refractivity contribution in [2.24, 2.45) is 0 Å². The number of hydrogen-bond acceptors (Lipinski definition) is 2. The number of nitriles is 1. The molecule has 0 aliphatic carbocycles. The minimum absolute atomic E-state index is 0.722. The molecule has 2 heterocycles. The van der Waals surface area contributed by atoms with E-state index in [2.05, 4.69) is 13.1 Å². The van der Waals surface area contributed by atoms with E-state index in [0.717, 1.165) is 39.9 Å². The normalized spacial score (nSPS) is 33.1. The predicted octanol–water partition coefficient (Wildman–Crippen LogP) is 2.80. The number of quaternary nitrogens is 1. The number of nitrogens with two attached hydrogens (primary N) is 1. The monoisotopic (exact) mass is 256 g/mol. The molecular formula is C16H22N3+. The van der Waals surface area contributed by atoms with E-state index in [-0.39, 0.29) is 0 Å². The second-order valence-electron chi connectivity index (χ2n) is 6.35. The van der Waals surface area contributed by atoms with Gasteiger partial charge in [0.1, 0.15) is 6.54 Å². The number of rotatable bonds is 2. The van der Waals surface area contributed by atoms with E-state index >= 15 is 0 Å². The van der Waals surface area contributed by atoms with Crippen LogP contribution in [0.25, 0.3) is 0 Å². The van der Waals surface area contributed by atoms with E-state index in [4.69, 9.17) is 11.0 Å². The standard InChI is InChI=1S/C16H22N3/c1-19(14-3-2-4-15(19)7-6-14)11-13-9-12(10-17)5-8-16(13)18/h5,8-9,14-15H,2-4,6-7,11,18H2,1H3/q+1. The average molecular weight is 256 g/mol. The number of piperidine rings is 1. The van der Waals surface area contributed by atoms with Crippen LogP contribution in [0.4, 0.5) is 5.69 Å². The molecule has 2 unspecified atom stereocenters. The van der Waals surface area contributed by atoms with Gasteiger partial charge in [0.25, 0.3) is 0 Å². The van der Waals surface area contributed by atoms with Crippen LogP contribution < -0.4 is 5.73 Å². The molecule has 2 bridgehead atoms. The minimum atomic E-state index is 0.722. The molecule has 1 aromatic rings. The SMILES string of the molecule is C[N+]1(Cc2cc(C#N)ccc2N)C2CCCC1CC2. The highest BCUT2D eigenvalue weighted by Crippen LogP contribution is 2.42. The average Bonchev–Trinajstić information content (AvgIpc) is 2.60. The van der Waals surface area contributed by atoms with Crippen molar-refractivity contribution in [2.45, 2.75) is 50.7 Å². The van der Waals surface area contributed by atoms with Crippen LogP contribution in [0, 0.1) is 11.3 Å². The van der Waals surface area contributed by atoms with Crippen molar-refractivity contribution in [2.75, 3.05) is 12.8 Å². The smallest absolute Gasteiger partial charge is 0.107 e.